The second-order valence-electron chi connectivity index (χ2n) is 8.50. The zero-order chi connectivity index (χ0) is 20.7. The van der Waals surface area contributed by atoms with Gasteiger partial charge in [-0.25, -0.2) is 0 Å². The summed E-state index contributed by atoms with van der Waals surface area (Å²) in [5.74, 6) is 2.12. The second-order valence-corrected chi connectivity index (χ2v) is 8.50. The summed E-state index contributed by atoms with van der Waals surface area (Å²) in [6.07, 6.45) is 7.13. The van der Waals surface area contributed by atoms with Crippen LogP contribution in [0.2, 0.25) is 0 Å². The zero-order valence-electron chi connectivity index (χ0n) is 17.4. The number of fused-ring (bicyclic) bond motifs is 3. The van der Waals surface area contributed by atoms with Crippen LogP contribution in [-0.2, 0) is 0 Å². The van der Waals surface area contributed by atoms with E-state index in [9.17, 15) is 0 Å². The van der Waals surface area contributed by atoms with Crippen molar-refractivity contribution in [3.8, 4) is 6.07 Å². The third-order valence-corrected chi connectivity index (χ3v) is 6.38. The van der Waals surface area contributed by atoms with Gasteiger partial charge in [-0.3, -0.25) is 10.00 Å². The van der Waals surface area contributed by atoms with Crippen molar-refractivity contribution in [1.29, 1.82) is 5.26 Å². The van der Waals surface area contributed by atoms with Crippen molar-refractivity contribution in [2.24, 2.45) is 0 Å². The largest absolute Gasteiger partial charge is 0.351 e. The summed E-state index contributed by atoms with van der Waals surface area (Å²) in [7, 11) is 0. The van der Waals surface area contributed by atoms with Gasteiger partial charge in [0, 0.05) is 49.0 Å². The van der Waals surface area contributed by atoms with Gasteiger partial charge >= 0.3 is 0 Å². The third kappa shape index (κ3) is 3.48. The molecule has 0 amide bonds. The molecule has 0 aliphatic carbocycles. The second kappa shape index (κ2) is 7.61. The molecule has 2 aliphatic heterocycles. The van der Waals surface area contributed by atoms with Crippen LogP contribution in [0.25, 0.3) is 11.0 Å². The van der Waals surface area contributed by atoms with Gasteiger partial charge in [0.05, 0.1) is 11.5 Å². The lowest BCUT2D eigenvalue weighted by Crippen LogP contribution is -2.47. The number of aromatic amines is 2. The van der Waals surface area contributed by atoms with Crippen LogP contribution >= 0.6 is 0 Å². The third-order valence-electron chi connectivity index (χ3n) is 6.38. The van der Waals surface area contributed by atoms with Crippen LogP contribution in [0, 0.1) is 25.2 Å². The molecule has 5 heterocycles. The van der Waals surface area contributed by atoms with Crippen LogP contribution < -0.4 is 10.6 Å². The Morgan fingerprint density at radius 1 is 1.23 bits per heavy atom. The van der Waals surface area contributed by atoms with Gasteiger partial charge in [-0.1, -0.05) is 0 Å². The maximum absolute atomic E-state index is 8.94. The van der Waals surface area contributed by atoms with E-state index in [0.717, 1.165) is 53.3 Å². The summed E-state index contributed by atoms with van der Waals surface area (Å²) in [5.41, 5.74) is 2.90. The molecule has 0 radical (unpaired) electrons. The number of nitrogens with one attached hydrogen (secondary N) is 4. The molecule has 30 heavy (non-hydrogen) atoms. The van der Waals surface area contributed by atoms with Gasteiger partial charge in [0.15, 0.2) is 5.82 Å². The number of anilines is 3. The molecule has 3 aromatic rings. The number of piperidine rings is 1. The molecule has 4 N–H and O–H groups in total. The van der Waals surface area contributed by atoms with E-state index in [1.807, 2.05) is 26.1 Å². The molecular formula is C21H27N9. The Kier molecular flexibility index (Phi) is 4.79. The Morgan fingerprint density at radius 2 is 2.03 bits per heavy atom. The van der Waals surface area contributed by atoms with Gasteiger partial charge < -0.3 is 15.6 Å². The van der Waals surface area contributed by atoms with Crippen LogP contribution in [0.4, 0.5) is 17.6 Å². The fourth-order valence-corrected chi connectivity index (χ4v) is 5.06. The van der Waals surface area contributed by atoms with E-state index in [-0.39, 0.29) is 0 Å². The Hall–Kier alpha value is -3.12. The maximum Gasteiger partial charge on any atom is 0.226 e. The average Bonchev–Trinajstić information content (AvgIpc) is 3.36. The molecule has 3 aromatic heterocycles. The van der Waals surface area contributed by atoms with E-state index < -0.39 is 0 Å². The van der Waals surface area contributed by atoms with Crippen molar-refractivity contribution in [2.45, 2.75) is 64.1 Å². The van der Waals surface area contributed by atoms with E-state index in [1.54, 1.807) is 0 Å². The standard InChI is InChI=1S/C21H27N9/c1-12-11-23-19-18(12)20(25-17-8-13(2)28-29-17)27-21(26-19)24-14-9-15-4-5-16(10-14)30(15)7-3-6-22/h8,11,14-16H,3-5,7,9-10H2,1-2H3,(H4,23,24,25,26,27,28,29)/t14-,15-,16?/m0/s1. The summed E-state index contributed by atoms with van der Waals surface area (Å²) in [4.78, 5) is 15.3. The molecule has 0 spiro atoms. The Morgan fingerprint density at radius 3 is 2.73 bits per heavy atom. The molecule has 9 nitrogen and oxygen atoms in total. The van der Waals surface area contributed by atoms with Crippen molar-refractivity contribution < 1.29 is 0 Å². The molecule has 0 saturated carbocycles. The molecule has 3 atom stereocenters. The first-order valence-corrected chi connectivity index (χ1v) is 10.6. The number of rotatable bonds is 6. The summed E-state index contributed by atoms with van der Waals surface area (Å²) in [6.45, 7) is 4.91. The molecule has 0 aromatic carbocycles. The van der Waals surface area contributed by atoms with Crippen molar-refractivity contribution in [3.63, 3.8) is 0 Å². The highest BCUT2D eigenvalue weighted by Crippen LogP contribution is 2.37. The topological polar surface area (TPSA) is 121 Å². The lowest BCUT2D eigenvalue weighted by Gasteiger charge is -2.38. The molecule has 2 aliphatic rings. The Labute approximate surface area is 175 Å². The van der Waals surface area contributed by atoms with Crippen molar-refractivity contribution in [1.82, 2.24) is 30.0 Å². The number of H-pyrrole nitrogens is 2. The van der Waals surface area contributed by atoms with Crippen LogP contribution in [0.5, 0.6) is 0 Å². The number of nitrogens with zero attached hydrogens (tertiary/aromatic N) is 5. The van der Waals surface area contributed by atoms with Crippen molar-refractivity contribution >= 4 is 28.6 Å². The molecule has 2 fully saturated rings. The fraction of sp³-hybridized carbons (Fsp3) is 0.524. The predicted octanol–water partition coefficient (Wildman–Crippen LogP) is 3.36. The predicted molar refractivity (Wildman–Crippen MR) is 116 cm³/mol. The van der Waals surface area contributed by atoms with Gasteiger partial charge in [-0.15, -0.1) is 0 Å². The van der Waals surface area contributed by atoms with Gasteiger partial charge in [-0.05, 0) is 45.1 Å². The van der Waals surface area contributed by atoms with Crippen LogP contribution in [0.1, 0.15) is 43.4 Å². The number of hydrogen-bond acceptors (Lipinski definition) is 7. The average molecular weight is 406 g/mol. The summed E-state index contributed by atoms with van der Waals surface area (Å²) in [6, 6.07) is 5.69. The molecule has 156 valence electrons. The minimum atomic E-state index is 0.342. The quantitative estimate of drug-likeness (QED) is 0.496. The van der Waals surface area contributed by atoms with Crippen molar-refractivity contribution in [2.75, 3.05) is 17.2 Å². The van der Waals surface area contributed by atoms with Gasteiger partial charge in [0.25, 0.3) is 0 Å². The minimum Gasteiger partial charge on any atom is -0.351 e. The minimum absolute atomic E-state index is 0.342. The highest BCUT2D eigenvalue weighted by Gasteiger charge is 2.40. The van der Waals surface area contributed by atoms with Crippen molar-refractivity contribution in [3.05, 3.63) is 23.5 Å². The van der Waals surface area contributed by atoms with Crippen LogP contribution in [-0.4, -0.2) is 54.7 Å². The molecule has 9 heteroatoms. The monoisotopic (exact) mass is 405 g/mol. The molecule has 1 unspecified atom stereocenters. The lowest BCUT2D eigenvalue weighted by atomic mass is 9.97. The van der Waals surface area contributed by atoms with Crippen LogP contribution in [0.3, 0.4) is 0 Å². The van der Waals surface area contributed by atoms with Gasteiger partial charge in [0.1, 0.15) is 11.5 Å². The highest BCUT2D eigenvalue weighted by molar-refractivity contribution is 5.92. The molecule has 2 saturated heterocycles. The maximum atomic E-state index is 8.94. The van der Waals surface area contributed by atoms with E-state index >= 15 is 0 Å². The van der Waals surface area contributed by atoms with E-state index in [1.165, 1.54) is 12.8 Å². The van der Waals surface area contributed by atoms with E-state index in [0.29, 0.717) is 30.5 Å². The summed E-state index contributed by atoms with van der Waals surface area (Å²) < 4.78 is 0. The van der Waals surface area contributed by atoms with Gasteiger partial charge in [-0.2, -0.15) is 20.3 Å². The number of hydrogen-bond donors (Lipinski definition) is 4. The first kappa shape index (κ1) is 18.9. The Bertz CT molecular complexity index is 1080. The summed E-state index contributed by atoms with van der Waals surface area (Å²) >= 11 is 0. The first-order valence-electron chi connectivity index (χ1n) is 10.6. The highest BCUT2D eigenvalue weighted by atomic mass is 15.3. The zero-order valence-corrected chi connectivity index (χ0v) is 17.4. The Balaban J connectivity index is 1.37. The molecule has 2 bridgehead atoms. The molecule has 5 rings (SSSR count). The smallest absolute Gasteiger partial charge is 0.226 e. The fourth-order valence-electron chi connectivity index (χ4n) is 5.06. The molecular weight excluding hydrogens is 378 g/mol. The van der Waals surface area contributed by atoms with E-state index in [2.05, 4.69) is 36.8 Å². The summed E-state index contributed by atoms with van der Waals surface area (Å²) in [5, 5.41) is 24.1. The number of aryl methyl sites for hydroxylation is 2. The lowest BCUT2D eigenvalue weighted by molar-refractivity contribution is 0.135. The number of aromatic nitrogens is 5. The first-order chi connectivity index (χ1) is 14.6. The van der Waals surface area contributed by atoms with Crippen LogP contribution in [0.15, 0.2) is 12.3 Å². The van der Waals surface area contributed by atoms with E-state index in [4.69, 9.17) is 15.2 Å². The SMILES string of the molecule is Cc1cc(Nc2nc(N[C@@H]3CC4CC[C@@H](C3)N4CCC#N)nc3[nH]cc(C)c23)n[nH]1. The number of nitriles is 1. The normalized spacial score (nSPS) is 23.6. The van der Waals surface area contributed by atoms with Gasteiger partial charge in [0.2, 0.25) is 5.95 Å².